The minimum Gasteiger partial charge on any atom is -0.356 e. The molecule has 1 aromatic rings. The van der Waals surface area contributed by atoms with E-state index in [1.165, 1.54) is 24.1 Å². The fraction of sp³-hybridized carbons (Fsp3) is 0.692. The number of hydrogen-bond donors (Lipinski definition) is 1. The maximum atomic E-state index is 4.77. The summed E-state index contributed by atoms with van der Waals surface area (Å²) in [5, 5.41) is 3.43. The zero-order valence-corrected chi connectivity index (χ0v) is 11.2. The lowest BCUT2D eigenvalue weighted by Crippen LogP contribution is -2.31. The normalized spacial score (nSPS) is 18.9. The summed E-state index contributed by atoms with van der Waals surface area (Å²) in [5.41, 5.74) is 2.54. The van der Waals surface area contributed by atoms with Crippen molar-refractivity contribution in [3.63, 3.8) is 0 Å². The first kappa shape index (κ1) is 11.7. The van der Waals surface area contributed by atoms with Crippen molar-refractivity contribution in [1.29, 1.82) is 0 Å². The van der Waals surface area contributed by atoms with Crippen molar-refractivity contribution in [2.75, 3.05) is 43.5 Å². The minimum atomic E-state index is 0.845. The van der Waals surface area contributed by atoms with Crippen molar-refractivity contribution in [1.82, 2.24) is 15.3 Å². The number of aromatic nitrogens is 2. The first-order valence-electron chi connectivity index (χ1n) is 6.78. The molecule has 0 aromatic carbocycles. The second kappa shape index (κ2) is 4.72. The monoisotopic (exact) mass is 247 g/mol. The van der Waals surface area contributed by atoms with E-state index < -0.39 is 0 Å². The Morgan fingerprint density at radius 2 is 1.94 bits per heavy atom. The Hall–Kier alpha value is -1.36. The van der Waals surface area contributed by atoms with E-state index >= 15 is 0 Å². The molecule has 0 bridgehead atoms. The zero-order valence-electron chi connectivity index (χ0n) is 11.2. The summed E-state index contributed by atoms with van der Waals surface area (Å²) in [6.07, 6.45) is 3.58. The van der Waals surface area contributed by atoms with E-state index in [0.29, 0.717) is 0 Å². The van der Waals surface area contributed by atoms with Crippen LogP contribution in [0, 0.1) is 0 Å². The second-order valence-corrected chi connectivity index (χ2v) is 5.29. The van der Waals surface area contributed by atoms with Gasteiger partial charge in [-0.1, -0.05) is 0 Å². The van der Waals surface area contributed by atoms with Crippen LogP contribution in [0.3, 0.4) is 0 Å². The molecule has 0 aliphatic carbocycles. The number of rotatable bonds is 2. The molecule has 0 amide bonds. The van der Waals surface area contributed by atoms with Gasteiger partial charge in [0.1, 0.15) is 5.82 Å². The molecule has 5 nitrogen and oxygen atoms in total. The molecule has 0 unspecified atom stereocenters. The van der Waals surface area contributed by atoms with Gasteiger partial charge in [-0.25, -0.2) is 4.98 Å². The molecule has 98 valence electrons. The molecule has 0 atom stereocenters. The van der Waals surface area contributed by atoms with Gasteiger partial charge in [-0.05, 0) is 12.8 Å². The highest BCUT2D eigenvalue weighted by atomic mass is 15.3. The van der Waals surface area contributed by atoms with Crippen LogP contribution in [0.2, 0.25) is 0 Å². The maximum Gasteiger partial charge on any atom is 0.227 e. The van der Waals surface area contributed by atoms with Crippen molar-refractivity contribution in [3.05, 3.63) is 11.3 Å². The lowest BCUT2D eigenvalue weighted by Gasteiger charge is -2.26. The van der Waals surface area contributed by atoms with Crippen molar-refractivity contribution < 1.29 is 0 Å². The topological polar surface area (TPSA) is 44.3 Å². The number of fused-ring (bicyclic) bond motifs is 1. The molecule has 0 radical (unpaired) electrons. The van der Waals surface area contributed by atoms with Gasteiger partial charge in [-0.2, -0.15) is 4.98 Å². The van der Waals surface area contributed by atoms with Gasteiger partial charge >= 0.3 is 0 Å². The SMILES string of the molecule is CN(C)c1nc2c(c(N3CCCC3)n1)CNCC2. The first-order valence-corrected chi connectivity index (χ1v) is 6.78. The summed E-state index contributed by atoms with van der Waals surface area (Å²) >= 11 is 0. The number of hydrogen-bond acceptors (Lipinski definition) is 5. The molecule has 2 aliphatic heterocycles. The van der Waals surface area contributed by atoms with Crippen LogP contribution in [0.25, 0.3) is 0 Å². The Kier molecular flexibility index (Phi) is 3.07. The molecule has 1 fully saturated rings. The number of nitrogens with one attached hydrogen (secondary N) is 1. The largest absolute Gasteiger partial charge is 0.356 e. The average molecular weight is 247 g/mol. The summed E-state index contributed by atoms with van der Waals surface area (Å²) < 4.78 is 0. The first-order chi connectivity index (χ1) is 8.75. The van der Waals surface area contributed by atoms with E-state index in [2.05, 4.69) is 10.2 Å². The van der Waals surface area contributed by atoms with Crippen LogP contribution >= 0.6 is 0 Å². The summed E-state index contributed by atoms with van der Waals surface area (Å²) in [6, 6.07) is 0. The molecule has 1 N–H and O–H groups in total. The molecule has 3 rings (SSSR count). The molecule has 5 heteroatoms. The zero-order chi connectivity index (χ0) is 12.5. The van der Waals surface area contributed by atoms with E-state index in [0.717, 1.165) is 44.4 Å². The van der Waals surface area contributed by atoms with Gasteiger partial charge in [0.05, 0.1) is 5.69 Å². The second-order valence-electron chi connectivity index (χ2n) is 5.29. The van der Waals surface area contributed by atoms with Gasteiger partial charge in [0.15, 0.2) is 0 Å². The fourth-order valence-electron chi connectivity index (χ4n) is 2.70. The molecule has 0 spiro atoms. The quantitative estimate of drug-likeness (QED) is 0.837. The molecule has 0 saturated carbocycles. The van der Waals surface area contributed by atoms with E-state index in [4.69, 9.17) is 9.97 Å². The van der Waals surface area contributed by atoms with Crippen molar-refractivity contribution in [2.24, 2.45) is 0 Å². The summed E-state index contributed by atoms with van der Waals surface area (Å²) in [6.45, 7) is 4.21. The minimum absolute atomic E-state index is 0.845. The van der Waals surface area contributed by atoms with Gasteiger partial charge in [0.2, 0.25) is 5.95 Å². The third kappa shape index (κ3) is 2.03. The third-order valence-corrected chi connectivity index (χ3v) is 3.71. The van der Waals surface area contributed by atoms with Crippen molar-refractivity contribution in [3.8, 4) is 0 Å². The van der Waals surface area contributed by atoms with Crippen LogP contribution in [-0.4, -0.2) is 43.7 Å². The highest BCUT2D eigenvalue weighted by molar-refractivity contribution is 5.54. The van der Waals surface area contributed by atoms with Gasteiger partial charge < -0.3 is 15.1 Å². The lowest BCUT2D eigenvalue weighted by molar-refractivity contribution is 0.622. The predicted molar refractivity (Wildman–Crippen MR) is 73.2 cm³/mol. The van der Waals surface area contributed by atoms with Crippen LogP contribution in [0.1, 0.15) is 24.1 Å². The van der Waals surface area contributed by atoms with Gasteiger partial charge in [-0.15, -0.1) is 0 Å². The number of nitrogens with zero attached hydrogens (tertiary/aromatic N) is 4. The highest BCUT2D eigenvalue weighted by Crippen LogP contribution is 2.28. The van der Waals surface area contributed by atoms with Crippen LogP contribution in [0.5, 0.6) is 0 Å². The summed E-state index contributed by atoms with van der Waals surface area (Å²) in [4.78, 5) is 13.9. The van der Waals surface area contributed by atoms with E-state index in [1.54, 1.807) is 0 Å². The molecule has 18 heavy (non-hydrogen) atoms. The molecular formula is C13H21N5. The lowest BCUT2D eigenvalue weighted by atomic mass is 10.1. The summed E-state index contributed by atoms with van der Waals surface area (Å²) in [7, 11) is 4.02. The Morgan fingerprint density at radius 3 is 2.67 bits per heavy atom. The van der Waals surface area contributed by atoms with Crippen molar-refractivity contribution >= 4 is 11.8 Å². The van der Waals surface area contributed by atoms with E-state index in [9.17, 15) is 0 Å². The summed E-state index contributed by atoms with van der Waals surface area (Å²) in [5.74, 6) is 2.01. The van der Waals surface area contributed by atoms with Crippen LogP contribution in [0.15, 0.2) is 0 Å². The van der Waals surface area contributed by atoms with Crippen molar-refractivity contribution in [2.45, 2.75) is 25.8 Å². The van der Waals surface area contributed by atoms with Gasteiger partial charge in [0, 0.05) is 52.3 Å². The Morgan fingerprint density at radius 1 is 1.17 bits per heavy atom. The van der Waals surface area contributed by atoms with Crippen LogP contribution < -0.4 is 15.1 Å². The third-order valence-electron chi connectivity index (χ3n) is 3.71. The average Bonchev–Trinajstić information content (AvgIpc) is 2.91. The highest BCUT2D eigenvalue weighted by Gasteiger charge is 2.23. The molecule has 1 saturated heterocycles. The van der Waals surface area contributed by atoms with E-state index in [-0.39, 0.29) is 0 Å². The van der Waals surface area contributed by atoms with E-state index in [1.807, 2.05) is 19.0 Å². The van der Waals surface area contributed by atoms with Gasteiger partial charge in [-0.3, -0.25) is 0 Å². The Balaban J connectivity index is 2.05. The fourth-order valence-corrected chi connectivity index (χ4v) is 2.70. The molecule has 1 aromatic heterocycles. The molecule has 2 aliphatic rings. The Labute approximate surface area is 108 Å². The van der Waals surface area contributed by atoms with Crippen LogP contribution in [0.4, 0.5) is 11.8 Å². The van der Waals surface area contributed by atoms with Crippen LogP contribution in [-0.2, 0) is 13.0 Å². The molecular weight excluding hydrogens is 226 g/mol. The smallest absolute Gasteiger partial charge is 0.227 e. The van der Waals surface area contributed by atoms with Gasteiger partial charge in [0.25, 0.3) is 0 Å². The predicted octanol–water partition coefficient (Wildman–Crippen LogP) is 0.788. The standard InChI is InChI=1S/C13H21N5/c1-17(2)13-15-11-5-6-14-9-10(11)12(16-13)18-7-3-4-8-18/h14H,3-9H2,1-2H3. The molecule has 3 heterocycles. The maximum absolute atomic E-state index is 4.77. The number of anilines is 2. The Bertz CT molecular complexity index is 437.